The second kappa shape index (κ2) is 4.72. The molecule has 13 heavy (non-hydrogen) atoms. The SMILES string of the molecule is NCC(=CF)Cc1cccc(F)c1. The Balaban J connectivity index is 2.74. The van der Waals surface area contributed by atoms with Crippen LogP contribution in [0.2, 0.25) is 0 Å². The van der Waals surface area contributed by atoms with Gasteiger partial charge in [-0.2, -0.15) is 0 Å². The number of benzene rings is 1. The van der Waals surface area contributed by atoms with E-state index >= 15 is 0 Å². The molecule has 1 aromatic rings. The van der Waals surface area contributed by atoms with Crippen LogP contribution in [0.1, 0.15) is 5.56 Å². The standard InChI is InChI=1S/C10H11F2N/c11-6-9(7-13)4-8-2-1-3-10(12)5-8/h1-3,5-6H,4,7,13H2. The molecule has 0 heterocycles. The normalized spacial score (nSPS) is 11.8. The third kappa shape index (κ3) is 2.95. The van der Waals surface area contributed by atoms with Crippen LogP contribution in [0, 0.1) is 5.82 Å². The summed E-state index contributed by atoms with van der Waals surface area (Å²) in [5.41, 5.74) is 6.46. The molecule has 0 saturated carbocycles. The third-order valence-corrected chi connectivity index (χ3v) is 1.74. The molecule has 0 radical (unpaired) electrons. The first-order valence-corrected chi connectivity index (χ1v) is 3.99. The smallest absolute Gasteiger partial charge is 0.123 e. The Hall–Kier alpha value is -1.22. The fraction of sp³-hybridized carbons (Fsp3) is 0.200. The Bertz CT molecular complexity index is 308. The van der Waals surface area contributed by atoms with E-state index in [4.69, 9.17) is 5.73 Å². The molecule has 0 fully saturated rings. The van der Waals surface area contributed by atoms with Gasteiger partial charge in [0.1, 0.15) is 5.82 Å². The average Bonchev–Trinajstić information content (AvgIpc) is 2.14. The summed E-state index contributed by atoms with van der Waals surface area (Å²) in [4.78, 5) is 0. The van der Waals surface area contributed by atoms with Crippen molar-refractivity contribution >= 4 is 0 Å². The molecular weight excluding hydrogens is 172 g/mol. The lowest BCUT2D eigenvalue weighted by atomic mass is 10.1. The molecular formula is C10H11F2N. The lowest BCUT2D eigenvalue weighted by molar-refractivity contribution is 0.625. The molecule has 3 heteroatoms. The fourth-order valence-electron chi connectivity index (χ4n) is 1.06. The molecule has 70 valence electrons. The second-order valence-corrected chi connectivity index (χ2v) is 2.78. The highest BCUT2D eigenvalue weighted by atomic mass is 19.1. The lowest BCUT2D eigenvalue weighted by Crippen LogP contribution is -2.05. The van der Waals surface area contributed by atoms with Gasteiger partial charge in [0, 0.05) is 6.54 Å². The van der Waals surface area contributed by atoms with Gasteiger partial charge in [-0.1, -0.05) is 12.1 Å². The summed E-state index contributed by atoms with van der Waals surface area (Å²) in [7, 11) is 0. The van der Waals surface area contributed by atoms with Crippen LogP contribution in [0.3, 0.4) is 0 Å². The van der Waals surface area contributed by atoms with E-state index in [0.717, 1.165) is 5.56 Å². The van der Waals surface area contributed by atoms with Gasteiger partial charge in [-0.15, -0.1) is 0 Å². The minimum atomic E-state index is -0.312. The highest BCUT2D eigenvalue weighted by molar-refractivity contribution is 5.22. The monoisotopic (exact) mass is 183 g/mol. The van der Waals surface area contributed by atoms with Crippen LogP contribution in [-0.4, -0.2) is 6.54 Å². The molecule has 0 saturated heterocycles. The zero-order chi connectivity index (χ0) is 9.68. The van der Waals surface area contributed by atoms with Crippen LogP contribution in [-0.2, 0) is 6.42 Å². The minimum Gasteiger partial charge on any atom is -0.327 e. The molecule has 0 bridgehead atoms. The van der Waals surface area contributed by atoms with E-state index < -0.39 is 0 Å². The van der Waals surface area contributed by atoms with Crippen molar-refractivity contribution in [1.29, 1.82) is 0 Å². The molecule has 0 spiro atoms. The summed E-state index contributed by atoms with van der Waals surface area (Å²) in [5.74, 6) is -0.312. The van der Waals surface area contributed by atoms with Crippen molar-refractivity contribution < 1.29 is 8.78 Å². The van der Waals surface area contributed by atoms with Crippen molar-refractivity contribution in [2.75, 3.05) is 6.54 Å². The van der Waals surface area contributed by atoms with Gasteiger partial charge in [0.05, 0.1) is 6.33 Å². The molecule has 0 aliphatic heterocycles. The van der Waals surface area contributed by atoms with E-state index in [-0.39, 0.29) is 12.4 Å². The van der Waals surface area contributed by atoms with E-state index in [1.165, 1.54) is 12.1 Å². The number of hydrogen-bond donors (Lipinski definition) is 1. The first kappa shape index (κ1) is 9.86. The van der Waals surface area contributed by atoms with Crippen molar-refractivity contribution in [3.63, 3.8) is 0 Å². The maximum atomic E-state index is 12.7. The third-order valence-electron chi connectivity index (χ3n) is 1.74. The summed E-state index contributed by atoms with van der Waals surface area (Å²) in [6.45, 7) is 0.160. The molecule has 1 aromatic carbocycles. The highest BCUT2D eigenvalue weighted by Crippen LogP contribution is 2.09. The minimum absolute atomic E-state index is 0.160. The number of halogens is 2. The molecule has 1 rings (SSSR count). The summed E-state index contributed by atoms with van der Waals surface area (Å²) >= 11 is 0. The Morgan fingerprint density at radius 2 is 2.23 bits per heavy atom. The van der Waals surface area contributed by atoms with E-state index in [2.05, 4.69) is 0 Å². The van der Waals surface area contributed by atoms with Gasteiger partial charge in [-0.05, 0) is 29.7 Å². The highest BCUT2D eigenvalue weighted by Gasteiger charge is 1.99. The topological polar surface area (TPSA) is 26.0 Å². The molecule has 0 aliphatic carbocycles. The Morgan fingerprint density at radius 3 is 2.77 bits per heavy atom. The van der Waals surface area contributed by atoms with Gasteiger partial charge < -0.3 is 5.73 Å². The van der Waals surface area contributed by atoms with Crippen LogP contribution >= 0.6 is 0 Å². The second-order valence-electron chi connectivity index (χ2n) is 2.78. The molecule has 2 N–H and O–H groups in total. The van der Waals surface area contributed by atoms with Crippen LogP contribution in [0.15, 0.2) is 36.2 Å². The molecule has 0 atom stereocenters. The maximum absolute atomic E-state index is 12.7. The fourth-order valence-corrected chi connectivity index (χ4v) is 1.06. The quantitative estimate of drug-likeness (QED) is 0.763. The van der Waals surface area contributed by atoms with Crippen LogP contribution < -0.4 is 5.73 Å². The summed E-state index contributed by atoms with van der Waals surface area (Å²) in [6, 6.07) is 6.06. The van der Waals surface area contributed by atoms with Gasteiger partial charge in [0.2, 0.25) is 0 Å². The Morgan fingerprint density at radius 1 is 1.46 bits per heavy atom. The number of nitrogens with two attached hydrogens (primary N) is 1. The summed E-state index contributed by atoms with van der Waals surface area (Å²) in [5, 5.41) is 0. The van der Waals surface area contributed by atoms with E-state index in [1.54, 1.807) is 12.1 Å². The zero-order valence-electron chi connectivity index (χ0n) is 7.13. The van der Waals surface area contributed by atoms with Gasteiger partial charge in [0.25, 0.3) is 0 Å². The molecule has 0 aliphatic rings. The van der Waals surface area contributed by atoms with Gasteiger partial charge in [0.15, 0.2) is 0 Å². The van der Waals surface area contributed by atoms with Gasteiger partial charge >= 0.3 is 0 Å². The van der Waals surface area contributed by atoms with Crippen LogP contribution in [0.25, 0.3) is 0 Å². The van der Waals surface area contributed by atoms with Crippen molar-refractivity contribution in [2.45, 2.75) is 6.42 Å². The molecule has 1 nitrogen and oxygen atoms in total. The number of rotatable bonds is 3. The van der Waals surface area contributed by atoms with Crippen LogP contribution in [0.4, 0.5) is 8.78 Å². The largest absolute Gasteiger partial charge is 0.327 e. The predicted molar refractivity (Wildman–Crippen MR) is 48.3 cm³/mol. The first-order chi connectivity index (χ1) is 6.26. The van der Waals surface area contributed by atoms with Gasteiger partial charge in [-0.3, -0.25) is 0 Å². The van der Waals surface area contributed by atoms with E-state index in [9.17, 15) is 8.78 Å². The van der Waals surface area contributed by atoms with Crippen LogP contribution in [0.5, 0.6) is 0 Å². The van der Waals surface area contributed by atoms with E-state index in [0.29, 0.717) is 18.3 Å². The zero-order valence-corrected chi connectivity index (χ0v) is 7.13. The molecule has 0 unspecified atom stereocenters. The number of hydrogen-bond acceptors (Lipinski definition) is 1. The first-order valence-electron chi connectivity index (χ1n) is 3.99. The van der Waals surface area contributed by atoms with Gasteiger partial charge in [-0.25, -0.2) is 8.78 Å². The Kier molecular flexibility index (Phi) is 3.58. The average molecular weight is 183 g/mol. The van der Waals surface area contributed by atoms with Crippen molar-refractivity contribution in [1.82, 2.24) is 0 Å². The lowest BCUT2D eigenvalue weighted by Gasteiger charge is -2.02. The van der Waals surface area contributed by atoms with Crippen molar-refractivity contribution in [3.8, 4) is 0 Å². The molecule has 0 amide bonds. The Labute approximate surface area is 75.9 Å². The van der Waals surface area contributed by atoms with Crippen molar-refractivity contribution in [2.24, 2.45) is 5.73 Å². The maximum Gasteiger partial charge on any atom is 0.123 e. The van der Waals surface area contributed by atoms with Crippen molar-refractivity contribution in [3.05, 3.63) is 47.5 Å². The summed E-state index contributed by atoms with van der Waals surface area (Å²) < 4.78 is 24.8. The predicted octanol–water partition coefficient (Wildman–Crippen LogP) is 2.18. The molecule has 0 aromatic heterocycles. The van der Waals surface area contributed by atoms with E-state index in [1.807, 2.05) is 0 Å². The summed E-state index contributed by atoms with van der Waals surface area (Å²) in [6.07, 6.45) is 0.843.